The lowest BCUT2D eigenvalue weighted by Crippen LogP contribution is -2.37. The first-order valence-electron chi connectivity index (χ1n) is 6.37. The molecule has 0 spiro atoms. The number of carbonyl (C=O) groups excluding carboxylic acids is 1. The molecule has 0 aliphatic rings. The summed E-state index contributed by atoms with van der Waals surface area (Å²) in [6.07, 6.45) is 1.79. The summed E-state index contributed by atoms with van der Waals surface area (Å²) < 4.78 is 0. The topological polar surface area (TPSA) is 92.4 Å². The first-order chi connectivity index (χ1) is 9.04. The molecule has 1 aromatic carbocycles. The van der Waals surface area contributed by atoms with Crippen molar-refractivity contribution in [1.29, 1.82) is 0 Å². The van der Waals surface area contributed by atoms with Crippen LogP contribution in [0.15, 0.2) is 30.3 Å². The minimum absolute atomic E-state index is 0.143. The molecule has 0 radical (unpaired) electrons. The molecule has 0 heterocycles. The number of nitrogens with two attached hydrogens (primary N) is 1. The van der Waals surface area contributed by atoms with Crippen LogP contribution in [-0.2, 0) is 9.59 Å². The summed E-state index contributed by atoms with van der Waals surface area (Å²) in [5.74, 6) is -1.42. The fourth-order valence-electron chi connectivity index (χ4n) is 1.86. The van der Waals surface area contributed by atoms with E-state index in [2.05, 4.69) is 5.32 Å². The Kier molecular flexibility index (Phi) is 6.02. The van der Waals surface area contributed by atoms with Gasteiger partial charge in [0.15, 0.2) is 6.04 Å². The molecule has 0 bridgehead atoms. The summed E-state index contributed by atoms with van der Waals surface area (Å²) in [5, 5.41) is 11.7. The quantitative estimate of drug-likeness (QED) is 0.695. The second-order valence-corrected chi connectivity index (χ2v) is 4.50. The van der Waals surface area contributed by atoms with Gasteiger partial charge in [-0.05, 0) is 12.0 Å². The average Bonchev–Trinajstić information content (AvgIpc) is 2.37. The highest BCUT2D eigenvalue weighted by molar-refractivity contribution is 5.84. The zero-order chi connectivity index (χ0) is 14.3. The van der Waals surface area contributed by atoms with E-state index < -0.39 is 12.0 Å². The van der Waals surface area contributed by atoms with Crippen LogP contribution in [-0.4, -0.2) is 23.0 Å². The summed E-state index contributed by atoms with van der Waals surface area (Å²) in [6, 6.07) is 7.36. The van der Waals surface area contributed by atoms with E-state index in [9.17, 15) is 9.59 Å². The van der Waals surface area contributed by atoms with Crippen molar-refractivity contribution in [3.8, 4) is 0 Å². The third-order valence-electron chi connectivity index (χ3n) is 2.79. The van der Waals surface area contributed by atoms with Crippen LogP contribution in [0.1, 0.15) is 37.8 Å². The SMILES string of the molecule is CCCC(N)CC(=O)N[C@H](C(=O)O)c1ccccc1. The zero-order valence-corrected chi connectivity index (χ0v) is 11.0. The van der Waals surface area contributed by atoms with Gasteiger partial charge in [0.1, 0.15) is 0 Å². The number of amides is 1. The Labute approximate surface area is 112 Å². The van der Waals surface area contributed by atoms with E-state index in [-0.39, 0.29) is 18.4 Å². The van der Waals surface area contributed by atoms with Gasteiger partial charge in [0.25, 0.3) is 0 Å². The number of nitrogens with one attached hydrogen (secondary N) is 1. The van der Waals surface area contributed by atoms with Crippen molar-refractivity contribution >= 4 is 11.9 Å². The van der Waals surface area contributed by atoms with Gasteiger partial charge in [-0.1, -0.05) is 43.7 Å². The summed E-state index contributed by atoms with van der Waals surface area (Å²) in [4.78, 5) is 23.0. The predicted molar refractivity (Wildman–Crippen MR) is 72.5 cm³/mol. The normalized spacial score (nSPS) is 13.6. The van der Waals surface area contributed by atoms with Crippen LogP contribution in [0.2, 0.25) is 0 Å². The molecule has 104 valence electrons. The van der Waals surface area contributed by atoms with E-state index in [0.29, 0.717) is 5.56 Å². The summed E-state index contributed by atoms with van der Waals surface area (Å²) >= 11 is 0. The number of rotatable bonds is 7. The highest BCUT2D eigenvalue weighted by Crippen LogP contribution is 2.13. The number of carbonyl (C=O) groups is 2. The molecular weight excluding hydrogens is 244 g/mol. The van der Waals surface area contributed by atoms with Crippen LogP contribution in [0.25, 0.3) is 0 Å². The maximum absolute atomic E-state index is 11.8. The van der Waals surface area contributed by atoms with Crippen molar-refractivity contribution in [2.45, 2.75) is 38.3 Å². The molecule has 0 aromatic heterocycles. The first-order valence-corrected chi connectivity index (χ1v) is 6.37. The summed E-state index contributed by atoms with van der Waals surface area (Å²) in [7, 11) is 0. The largest absolute Gasteiger partial charge is 0.479 e. The summed E-state index contributed by atoms with van der Waals surface area (Å²) in [5.41, 5.74) is 6.32. The number of carboxylic acids is 1. The van der Waals surface area contributed by atoms with E-state index in [1.54, 1.807) is 30.3 Å². The van der Waals surface area contributed by atoms with Crippen LogP contribution < -0.4 is 11.1 Å². The zero-order valence-electron chi connectivity index (χ0n) is 11.0. The van der Waals surface area contributed by atoms with Crippen molar-refractivity contribution in [1.82, 2.24) is 5.32 Å². The van der Waals surface area contributed by atoms with Crippen LogP contribution in [0.3, 0.4) is 0 Å². The smallest absolute Gasteiger partial charge is 0.330 e. The monoisotopic (exact) mass is 264 g/mol. The molecule has 1 aromatic rings. The molecule has 5 heteroatoms. The first kappa shape index (κ1) is 15.2. The molecule has 5 nitrogen and oxygen atoms in total. The lowest BCUT2D eigenvalue weighted by molar-refractivity contribution is -0.142. The Morgan fingerprint density at radius 1 is 1.32 bits per heavy atom. The molecule has 0 saturated heterocycles. The van der Waals surface area contributed by atoms with Gasteiger partial charge in [0, 0.05) is 12.5 Å². The highest BCUT2D eigenvalue weighted by atomic mass is 16.4. The summed E-state index contributed by atoms with van der Waals surface area (Å²) in [6.45, 7) is 1.99. The van der Waals surface area contributed by atoms with Gasteiger partial charge < -0.3 is 16.2 Å². The van der Waals surface area contributed by atoms with Gasteiger partial charge in [-0.25, -0.2) is 4.79 Å². The molecule has 1 unspecified atom stereocenters. The molecule has 0 aliphatic heterocycles. The van der Waals surface area contributed by atoms with E-state index in [4.69, 9.17) is 10.8 Å². The maximum Gasteiger partial charge on any atom is 0.330 e. The second-order valence-electron chi connectivity index (χ2n) is 4.50. The molecule has 1 amide bonds. The van der Waals surface area contributed by atoms with Gasteiger partial charge in [0.2, 0.25) is 5.91 Å². The number of benzene rings is 1. The van der Waals surface area contributed by atoms with E-state index >= 15 is 0 Å². The van der Waals surface area contributed by atoms with Gasteiger partial charge in [-0.2, -0.15) is 0 Å². The van der Waals surface area contributed by atoms with Gasteiger partial charge in [0.05, 0.1) is 0 Å². The van der Waals surface area contributed by atoms with Crippen LogP contribution >= 0.6 is 0 Å². The number of hydrogen-bond acceptors (Lipinski definition) is 3. The average molecular weight is 264 g/mol. The molecule has 4 N–H and O–H groups in total. The van der Waals surface area contributed by atoms with Crippen molar-refractivity contribution in [2.75, 3.05) is 0 Å². The van der Waals surface area contributed by atoms with E-state index in [1.807, 2.05) is 6.92 Å². The Morgan fingerprint density at radius 2 is 1.95 bits per heavy atom. The number of carboxylic acid groups (broad SMARTS) is 1. The molecule has 0 fully saturated rings. The third-order valence-corrected chi connectivity index (χ3v) is 2.79. The molecule has 0 saturated carbocycles. The Balaban J connectivity index is 2.65. The second kappa shape index (κ2) is 7.53. The minimum Gasteiger partial charge on any atom is -0.479 e. The lowest BCUT2D eigenvalue weighted by atomic mass is 10.1. The fourth-order valence-corrected chi connectivity index (χ4v) is 1.86. The Bertz CT molecular complexity index is 420. The molecule has 19 heavy (non-hydrogen) atoms. The minimum atomic E-state index is -1.08. The van der Waals surface area contributed by atoms with Gasteiger partial charge in [-0.15, -0.1) is 0 Å². The Morgan fingerprint density at radius 3 is 2.47 bits per heavy atom. The van der Waals surface area contributed by atoms with Crippen molar-refractivity contribution in [2.24, 2.45) is 5.73 Å². The molecular formula is C14H20N2O3. The third kappa shape index (κ3) is 5.09. The number of hydrogen-bond donors (Lipinski definition) is 3. The molecule has 1 rings (SSSR count). The van der Waals surface area contributed by atoms with E-state index in [0.717, 1.165) is 12.8 Å². The van der Waals surface area contributed by atoms with Crippen molar-refractivity contribution in [3.63, 3.8) is 0 Å². The van der Waals surface area contributed by atoms with E-state index in [1.165, 1.54) is 0 Å². The fraction of sp³-hybridized carbons (Fsp3) is 0.429. The van der Waals surface area contributed by atoms with Gasteiger partial charge in [-0.3, -0.25) is 4.79 Å². The molecule has 0 aliphatic carbocycles. The lowest BCUT2D eigenvalue weighted by Gasteiger charge is -2.16. The standard InChI is InChI=1S/C14H20N2O3/c1-2-6-11(15)9-12(17)16-13(14(18)19)10-7-4-3-5-8-10/h3-5,7-8,11,13H,2,6,9,15H2,1H3,(H,16,17)(H,18,19)/t11?,13-/m0/s1. The Hall–Kier alpha value is -1.88. The van der Waals surface area contributed by atoms with Gasteiger partial charge >= 0.3 is 5.97 Å². The van der Waals surface area contributed by atoms with Crippen LogP contribution in [0.4, 0.5) is 0 Å². The predicted octanol–water partition coefficient (Wildman–Crippen LogP) is 1.45. The van der Waals surface area contributed by atoms with Crippen molar-refractivity contribution in [3.05, 3.63) is 35.9 Å². The maximum atomic E-state index is 11.8. The molecule has 2 atom stereocenters. The van der Waals surface area contributed by atoms with Crippen molar-refractivity contribution < 1.29 is 14.7 Å². The van der Waals surface area contributed by atoms with Crippen LogP contribution in [0.5, 0.6) is 0 Å². The number of aliphatic carboxylic acids is 1. The van der Waals surface area contributed by atoms with Crippen LogP contribution in [0, 0.1) is 0 Å². The highest BCUT2D eigenvalue weighted by Gasteiger charge is 2.22.